The standard InChI is InChI=1S/C18H23N5O2/c1-4-14-16-17(23(21-14)12-7-5-6-8-12)19-15(20-18(16)24)9-13-10(2)22-25-11(13)3/h12,21H,4-9H2,1-3H3. The summed E-state index contributed by atoms with van der Waals surface area (Å²) in [6.07, 6.45) is 5.92. The van der Waals surface area contributed by atoms with Gasteiger partial charge in [-0.1, -0.05) is 24.9 Å². The van der Waals surface area contributed by atoms with Gasteiger partial charge >= 0.3 is 0 Å². The molecule has 2 aliphatic heterocycles. The van der Waals surface area contributed by atoms with Crippen molar-refractivity contribution in [1.29, 1.82) is 0 Å². The summed E-state index contributed by atoms with van der Waals surface area (Å²) in [4.78, 5) is 21.7. The van der Waals surface area contributed by atoms with Crippen molar-refractivity contribution in [3.05, 3.63) is 38.9 Å². The van der Waals surface area contributed by atoms with E-state index in [0.29, 0.717) is 23.9 Å². The van der Waals surface area contributed by atoms with E-state index in [-0.39, 0.29) is 5.56 Å². The van der Waals surface area contributed by atoms with Crippen LogP contribution in [0.2, 0.25) is 0 Å². The number of aromatic amines is 1. The zero-order valence-electron chi connectivity index (χ0n) is 14.9. The van der Waals surface area contributed by atoms with Crippen molar-refractivity contribution in [2.45, 2.75) is 65.3 Å². The molecule has 3 aliphatic rings. The third kappa shape index (κ3) is 2.67. The number of aryl methyl sites for hydroxylation is 3. The third-order valence-corrected chi connectivity index (χ3v) is 5.25. The van der Waals surface area contributed by atoms with Crippen LogP contribution in [-0.2, 0) is 12.8 Å². The summed E-state index contributed by atoms with van der Waals surface area (Å²) in [6.45, 7) is 5.81. The molecule has 0 amide bonds. The molecular formula is C18H23N5O2. The Morgan fingerprint density at radius 2 is 2.00 bits per heavy atom. The van der Waals surface area contributed by atoms with E-state index in [1.165, 1.54) is 12.8 Å². The van der Waals surface area contributed by atoms with Crippen LogP contribution in [0.1, 0.15) is 67.2 Å². The lowest BCUT2D eigenvalue weighted by Gasteiger charge is -2.13. The van der Waals surface area contributed by atoms with Crippen molar-refractivity contribution in [3.8, 4) is 11.4 Å². The third-order valence-electron chi connectivity index (χ3n) is 5.25. The maximum absolute atomic E-state index is 12.7. The zero-order valence-corrected chi connectivity index (χ0v) is 14.9. The highest BCUT2D eigenvalue weighted by molar-refractivity contribution is 5.59. The molecule has 0 aromatic carbocycles. The van der Waals surface area contributed by atoms with E-state index in [1.54, 1.807) is 0 Å². The number of aromatic nitrogens is 5. The number of hydrogen-bond donors (Lipinski definition) is 1. The molecule has 7 heteroatoms. The molecular weight excluding hydrogens is 318 g/mol. The maximum atomic E-state index is 12.7. The van der Waals surface area contributed by atoms with E-state index in [0.717, 1.165) is 47.8 Å². The molecule has 0 radical (unpaired) electrons. The average molecular weight is 341 g/mol. The van der Waals surface area contributed by atoms with Crippen molar-refractivity contribution in [1.82, 2.24) is 24.9 Å². The lowest BCUT2D eigenvalue weighted by atomic mass is 10.1. The first kappa shape index (κ1) is 16.1. The molecule has 7 nitrogen and oxygen atoms in total. The Bertz CT molecular complexity index is 910. The first-order valence-electron chi connectivity index (χ1n) is 9.00. The zero-order chi connectivity index (χ0) is 17.6. The van der Waals surface area contributed by atoms with E-state index in [2.05, 4.69) is 19.9 Å². The maximum Gasteiger partial charge on any atom is 0.284 e. The number of fused-ring (bicyclic) bond motifs is 1. The predicted octanol–water partition coefficient (Wildman–Crippen LogP) is 2.94. The summed E-state index contributed by atoms with van der Waals surface area (Å²) >= 11 is 0. The molecule has 1 aromatic rings. The molecule has 1 aliphatic carbocycles. The number of nitrogens with zero attached hydrogens (tertiary/aromatic N) is 4. The molecule has 1 N–H and O–H groups in total. The molecule has 0 spiro atoms. The Labute approximate surface area is 145 Å². The van der Waals surface area contributed by atoms with Crippen LogP contribution in [0.25, 0.3) is 11.4 Å². The Hall–Kier alpha value is -2.44. The molecule has 1 fully saturated rings. The Kier molecular flexibility index (Phi) is 3.94. The van der Waals surface area contributed by atoms with Gasteiger partial charge in [0.15, 0.2) is 5.82 Å². The summed E-state index contributed by atoms with van der Waals surface area (Å²) in [5.41, 5.74) is 3.14. The van der Waals surface area contributed by atoms with Gasteiger partial charge in [-0.05, 0) is 33.1 Å². The van der Waals surface area contributed by atoms with Crippen molar-refractivity contribution >= 4 is 0 Å². The summed E-state index contributed by atoms with van der Waals surface area (Å²) < 4.78 is 7.31. The van der Waals surface area contributed by atoms with Gasteiger partial charge in [-0.15, -0.1) is 0 Å². The van der Waals surface area contributed by atoms with Gasteiger partial charge in [0, 0.05) is 17.7 Å². The van der Waals surface area contributed by atoms with Gasteiger partial charge in [0.25, 0.3) is 5.56 Å². The lowest BCUT2D eigenvalue weighted by molar-refractivity contribution is 0.392. The van der Waals surface area contributed by atoms with Crippen LogP contribution in [0, 0.1) is 13.8 Å². The van der Waals surface area contributed by atoms with Crippen molar-refractivity contribution < 1.29 is 4.52 Å². The van der Waals surface area contributed by atoms with E-state index in [4.69, 9.17) is 9.51 Å². The minimum atomic E-state index is -0.198. The Morgan fingerprint density at radius 3 is 2.64 bits per heavy atom. The van der Waals surface area contributed by atoms with Gasteiger partial charge in [-0.3, -0.25) is 14.6 Å². The number of H-pyrrole nitrogens is 1. The SMILES string of the molecule is CCc1[nH]n(C2CCCC2)c2nc(Cc3c(C)noc3C)nc(=O)c1-2. The highest BCUT2D eigenvalue weighted by atomic mass is 16.5. The van der Waals surface area contributed by atoms with E-state index in [1.807, 2.05) is 20.8 Å². The Morgan fingerprint density at radius 1 is 1.24 bits per heavy atom. The second kappa shape index (κ2) is 6.13. The molecule has 0 saturated heterocycles. The van der Waals surface area contributed by atoms with Crippen LogP contribution in [0.4, 0.5) is 0 Å². The molecule has 3 heterocycles. The van der Waals surface area contributed by atoms with Crippen molar-refractivity contribution in [2.75, 3.05) is 0 Å². The van der Waals surface area contributed by atoms with Crippen LogP contribution < -0.4 is 5.56 Å². The topological polar surface area (TPSA) is 89.6 Å². The minimum absolute atomic E-state index is 0.198. The first-order valence-corrected chi connectivity index (χ1v) is 9.00. The average Bonchev–Trinajstić information content (AvgIpc) is 3.30. The predicted molar refractivity (Wildman–Crippen MR) is 92.9 cm³/mol. The fourth-order valence-corrected chi connectivity index (χ4v) is 3.84. The van der Waals surface area contributed by atoms with Gasteiger partial charge in [0.2, 0.25) is 0 Å². The Balaban J connectivity index is 1.83. The molecule has 4 rings (SSSR count). The summed E-state index contributed by atoms with van der Waals surface area (Å²) in [5, 5.41) is 7.39. The molecule has 0 bridgehead atoms. The molecule has 1 aromatic heterocycles. The molecule has 25 heavy (non-hydrogen) atoms. The fourth-order valence-electron chi connectivity index (χ4n) is 3.84. The largest absolute Gasteiger partial charge is 0.361 e. The molecule has 132 valence electrons. The van der Waals surface area contributed by atoms with E-state index in [9.17, 15) is 4.79 Å². The quantitative estimate of drug-likeness (QED) is 0.788. The molecule has 1 saturated carbocycles. The number of nitrogens with one attached hydrogen (secondary N) is 1. The van der Waals surface area contributed by atoms with Crippen LogP contribution in [0.5, 0.6) is 0 Å². The van der Waals surface area contributed by atoms with Gasteiger partial charge in [-0.25, -0.2) is 4.98 Å². The monoisotopic (exact) mass is 341 g/mol. The fraction of sp³-hybridized carbons (Fsp3) is 0.556. The van der Waals surface area contributed by atoms with Crippen LogP contribution >= 0.6 is 0 Å². The van der Waals surface area contributed by atoms with E-state index < -0.39 is 0 Å². The second-order valence-corrected chi connectivity index (χ2v) is 6.88. The van der Waals surface area contributed by atoms with Gasteiger partial charge in [0.1, 0.15) is 17.1 Å². The van der Waals surface area contributed by atoms with Crippen molar-refractivity contribution in [3.63, 3.8) is 0 Å². The second-order valence-electron chi connectivity index (χ2n) is 6.88. The summed E-state index contributed by atoms with van der Waals surface area (Å²) in [6, 6.07) is 0.393. The van der Waals surface area contributed by atoms with Crippen molar-refractivity contribution in [2.24, 2.45) is 0 Å². The van der Waals surface area contributed by atoms with Gasteiger partial charge in [0.05, 0.1) is 11.7 Å². The smallest absolute Gasteiger partial charge is 0.284 e. The van der Waals surface area contributed by atoms with Crippen LogP contribution in [-0.4, -0.2) is 24.9 Å². The lowest BCUT2D eigenvalue weighted by Crippen LogP contribution is -2.19. The molecule has 0 atom stereocenters. The van der Waals surface area contributed by atoms with Gasteiger partial charge < -0.3 is 4.52 Å². The summed E-state index contributed by atoms with van der Waals surface area (Å²) in [5.74, 6) is 2.02. The number of rotatable bonds is 4. The number of hydrogen-bond acceptors (Lipinski definition) is 5. The summed E-state index contributed by atoms with van der Waals surface area (Å²) in [7, 11) is 0. The van der Waals surface area contributed by atoms with Crippen LogP contribution in [0.3, 0.4) is 0 Å². The highest BCUT2D eigenvalue weighted by Crippen LogP contribution is 2.33. The minimum Gasteiger partial charge on any atom is -0.361 e. The van der Waals surface area contributed by atoms with Crippen LogP contribution in [0.15, 0.2) is 9.32 Å². The van der Waals surface area contributed by atoms with Gasteiger partial charge in [-0.2, -0.15) is 4.98 Å². The highest BCUT2D eigenvalue weighted by Gasteiger charge is 2.27. The molecule has 0 unspecified atom stereocenters. The normalized spacial score (nSPS) is 15.5. The first-order chi connectivity index (χ1) is 12.1. The van der Waals surface area contributed by atoms with E-state index >= 15 is 0 Å².